The fourth-order valence-corrected chi connectivity index (χ4v) is 3.09. The second-order valence-corrected chi connectivity index (χ2v) is 6.30. The largest absolute Gasteiger partial charge is 0.494 e. The van der Waals surface area contributed by atoms with Crippen molar-refractivity contribution in [2.45, 2.75) is 25.5 Å². The highest BCUT2D eigenvalue weighted by Crippen LogP contribution is 2.17. The Hall–Kier alpha value is -1.92. The first-order valence-corrected chi connectivity index (χ1v) is 8.70. The topological polar surface area (TPSA) is 33.0 Å². The summed E-state index contributed by atoms with van der Waals surface area (Å²) in [6.45, 7) is 2.84. The monoisotopic (exact) mass is 311 g/mol. The highest BCUT2D eigenvalue weighted by molar-refractivity contribution is 7.98. The van der Waals surface area contributed by atoms with Crippen molar-refractivity contribution < 1.29 is 4.74 Å². The van der Waals surface area contributed by atoms with Crippen LogP contribution in [0.5, 0.6) is 5.75 Å². The van der Waals surface area contributed by atoms with Gasteiger partial charge in [-0.15, -0.1) is 0 Å². The van der Waals surface area contributed by atoms with Gasteiger partial charge in [0, 0.05) is 5.75 Å². The van der Waals surface area contributed by atoms with Crippen LogP contribution in [0.3, 0.4) is 0 Å². The second kappa shape index (κ2) is 9.17. The maximum Gasteiger partial charge on any atom is 0.119 e. The average Bonchev–Trinajstić information content (AvgIpc) is 2.56. The minimum Gasteiger partial charge on any atom is -0.494 e. The van der Waals surface area contributed by atoms with Crippen LogP contribution in [0.15, 0.2) is 48.5 Å². The number of thioether (sulfide) groups is 1. The van der Waals surface area contributed by atoms with E-state index in [9.17, 15) is 0 Å². The molecule has 2 aromatic rings. The summed E-state index contributed by atoms with van der Waals surface area (Å²) in [4.78, 5) is 0. The van der Waals surface area contributed by atoms with Crippen molar-refractivity contribution in [1.82, 2.24) is 0 Å². The molecule has 2 aromatic carbocycles. The van der Waals surface area contributed by atoms with Gasteiger partial charge in [0.05, 0.1) is 18.2 Å². The molecule has 3 heteroatoms. The zero-order valence-corrected chi connectivity index (χ0v) is 13.7. The predicted molar refractivity (Wildman–Crippen MR) is 93.2 cm³/mol. The van der Waals surface area contributed by atoms with Crippen LogP contribution in [0, 0.1) is 18.3 Å². The number of hydrogen-bond acceptors (Lipinski definition) is 3. The Bertz CT molecular complexity index is 616. The molecule has 0 aromatic heterocycles. The molecule has 2 nitrogen and oxygen atoms in total. The van der Waals surface area contributed by atoms with Gasteiger partial charge in [0.25, 0.3) is 0 Å². The summed E-state index contributed by atoms with van der Waals surface area (Å²) < 4.78 is 5.71. The van der Waals surface area contributed by atoms with Gasteiger partial charge >= 0.3 is 0 Å². The molecule has 2 rings (SSSR count). The van der Waals surface area contributed by atoms with Crippen molar-refractivity contribution in [2.75, 3.05) is 12.4 Å². The molecule has 0 saturated carbocycles. The molecule has 0 atom stereocenters. The molecular weight excluding hydrogens is 290 g/mol. The first kappa shape index (κ1) is 16.5. The van der Waals surface area contributed by atoms with Crippen LogP contribution in [0.25, 0.3) is 0 Å². The van der Waals surface area contributed by atoms with Crippen molar-refractivity contribution in [3.8, 4) is 11.8 Å². The number of rotatable bonds is 8. The molecule has 0 unspecified atom stereocenters. The van der Waals surface area contributed by atoms with Crippen LogP contribution in [-0.4, -0.2) is 12.4 Å². The minimum atomic E-state index is 0.762. The van der Waals surface area contributed by atoms with E-state index in [2.05, 4.69) is 25.1 Å². The van der Waals surface area contributed by atoms with E-state index >= 15 is 0 Å². The van der Waals surface area contributed by atoms with Crippen molar-refractivity contribution in [3.63, 3.8) is 0 Å². The number of benzene rings is 2. The standard InChI is InChI=1S/C19H21NOS/c1-16-8-10-19(11-9-16)21-12-4-5-13-22-15-18-7-3-2-6-17(18)14-20/h2-3,6-11H,4-5,12-13,15H2,1H3. The number of nitrogens with zero attached hydrogens (tertiary/aromatic N) is 1. The Morgan fingerprint density at radius 1 is 1.05 bits per heavy atom. The van der Waals surface area contributed by atoms with Crippen LogP contribution in [0.1, 0.15) is 29.5 Å². The lowest BCUT2D eigenvalue weighted by Gasteiger charge is -2.07. The quantitative estimate of drug-likeness (QED) is 0.646. The van der Waals surface area contributed by atoms with Gasteiger partial charge < -0.3 is 4.74 Å². The number of ether oxygens (including phenoxy) is 1. The van der Waals surface area contributed by atoms with Gasteiger partial charge in [0.15, 0.2) is 0 Å². The van der Waals surface area contributed by atoms with Gasteiger partial charge in [-0.1, -0.05) is 35.9 Å². The Morgan fingerprint density at radius 2 is 1.82 bits per heavy atom. The van der Waals surface area contributed by atoms with Gasteiger partial charge in [-0.05, 0) is 49.3 Å². The molecule has 22 heavy (non-hydrogen) atoms. The first-order valence-electron chi connectivity index (χ1n) is 7.55. The summed E-state index contributed by atoms with van der Waals surface area (Å²) in [5, 5.41) is 9.04. The fourth-order valence-electron chi connectivity index (χ4n) is 2.07. The van der Waals surface area contributed by atoms with Crippen LogP contribution in [0.2, 0.25) is 0 Å². The molecule has 0 bridgehead atoms. The zero-order chi connectivity index (χ0) is 15.6. The SMILES string of the molecule is Cc1ccc(OCCCCSCc2ccccc2C#N)cc1. The summed E-state index contributed by atoms with van der Waals surface area (Å²) in [6, 6.07) is 18.2. The summed E-state index contributed by atoms with van der Waals surface area (Å²) in [6.07, 6.45) is 2.19. The minimum absolute atomic E-state index is 0.762. The maximum absolute atomic E-state index is 9.04. The third kappa shape index (κ3) is 5.46. The van der Waals surface area contributed by atoms with Gasteiger partial charge in [-0.25, -0.2) is 0 Å². The molecule has 0 amide bonds. The van der Waals surface area contributed by atoms with Crippen LogP contribution in [0.4, 0.5) is 0 Å². The van der Waals surface area contributed by atoms with Crippen LogP contribution in [-0.2, 0) is 5.75 Å². The molecule has 0 N–H and O–H groups in total. The normalized spacial score (nSPS) is 10.2. The number of nitriles is 1. The molecule has 0 aliphatic carbocycles. The first-order chi connectivity index (χ1) is 10.8. The van der Waals surface area contributed by atoms with E-state index in [0.29, 0.717) is 0 Å². The van der Waals surface area contributed by atoms with Gasteiger partial charge in [0.2, 0.25) is 0 Å². The Labute approximate surface area is 137 Å². The van der Waals surface area contributed by atoms with E-state index < -0.39 is 0 Å². The van der Waals surface area contributed by atoms with Crippen molar-refractivity contribution >= 4 is 11.8 Å². The summed E-state index contributed by atoms with van der Waals surface area (Å²) >= 11 is 1.88. The lowest BCUT2D eigenvalue weighted by molar-refractivity contribution is 0.310. The summed E-state index contributed by atoms with van der Waals surface area (Å²) in [7, 11) is 0. The third-order valence-electron chi connectivity index (χ3n) is 3.37. The van der Waals surface area contributed by atoms with Crippen LogP contribution >= 0.6 is 11.8 Å². The van der Waals surface area contributed by atoms with E-state index in [1.165, 1.54) is 5.56 Å². The highest BCUT2D eigenvalue weighted by atomic mass is 32.2. The third-order valence-corrected chi connectivity index (χ3v) is 4.46. The van der Waals surface area contributed by atoms with E-state index in [-0.39, 0.29) is 0 Å². The summed E-state index contributed by atoms with van der Waals surface area (Å²) in [5.74, 6) is 2.95. The van der Waals surface area contributed by atoms with E-state index in [1.807, 2.05) is 48.2 Å². The Balaban J connectivity index is 1.58. The molecule has 0 fully saturated rings. The van der Waals surface area contributed by atoms with E-state index in [4.69, 9.17) is 10.00 Å². The van der Waals surface area contributed by atoms with E-state index in [0.717, 1.165) is 47.8 Å². The van der Waals surface area contributed by atoms with Gasteiger partial charge in [-0.2, -0.15) is 17.0 Å². The number of aryl methyl sites for hydroxylation is 1. The van der Waals surface area contributed by atoms with Crippen molar-refractivity contribution in [2.24, 2.45) is 0 Å². The molecule has 0 spiro atoms. The smallest absolute Gasteiger partial charge is 0.119 e. The molecule has 0 radical (unpaired) electrons. The van der Waals surface area contributed by atoms with E-state index in [1.54, 1.807) is 0 Å². The molecule has 0 heterocycles. The Morgan fingerprint density at radius 3 is 2.59 bits per heavy atom. The van der Waals surface area contributed by atoms with Crippen molar-refractivity contribution in [3.05, 3.63) is 65.2 Å². The summed E-state index contributed by atoms with van der Waals surface area (Å²) in [5.41, 5.74) is 3.17. The molecule has 0 saturated heterocycles. The maximum atomic E-state index is 9.04. The molecule has 114 valence electrons. The van der Waals surface area contributed by atoms with Crippen molar-refractivity contribution in [1.29, 1.82) is 5.26 Å². The Kier molecular flexibility index (Phi) is 6.86. The molecular formula is C19H21NOS. The van der Waals surface area contributed by atoms with Gasteiger partial charge in [0.1, 0.15) is 5.75 Å². The lowest BCUT2D eigenvalue weighted by Crippen LogP contribution is -1.98. The number of hydrogen-bond donors (Lipinski definition) is 0. The molecule has 0 aliphatic rings. The average molecular weight is 311 g/mol. The zero-order valence-electron chi connectivity index (χ0n) is 12.9. The van der Waals surface area contributed by atoms with Gasteiger partial charge in [-0.3, -0.25) is 0 Å². The lowest BCUT2D eigenvalue weighted by atomic mass is 10.1. The predicted octanol–water partition coefficient (Wildman–Crippen LogP) is 4.96. The highest BCUT2D eigenvalue weighted by Gasteiger charge is 2.00. The van der Waals surface area contributed by atoms with Crippen LogP contribution < -0.4 is 4.74 Å². The second-order valence-electron chi connectivity index (χ2n) is 5.19. The molecule has 0 aliphatic heterocycles. The fraction of sp³-hybridized carbons (Fsp3) is 0.316. The number of unbranched alkanes of at least 4 members (excludes halogenated alkanes) is 1.